The number of hydrogen-bond acceptors (Lipinski definition) is 4. The van der Waals surface area contributed by atoms with E-state index in [2.05, 4.69) is 26.6 Å². The summed E-state index contributed by atoms with van der Waals surface area (Å²) in [6.45, 7) is -0.257. The third kappa shape index (κ3) is 4.66. The summed E-state index contributed by atoms with van der Waals surface area (Å²) in [7, 11) is 1.53. The number of anilines is 1. The quantitative estimate of drug-likeness (QED) is 0.742. The van der Waals surface area contributed by atoms with Gasteiger partial charge >= 0.3 is 0 Å². The van der Waals surface area contributed by atoms with Crippen LogP contribution in [0.5, 0.6) is 5.75 Å². The molecule has 7 heteroatoms. The van der Waals surface area contributed by atoms with E-state index in [1.165, 1.54) is 7.05 Å². The summed E-state index contributed by atoms with van der Waals surface area (Å²) in [5, 5.41) is 5.15. The van der Waals surface area contributed by atoms with Gasteiger partial charge in [0.2, 0.25) is 0 Å². The minimum Gasteiger partial charge on any atom is -0.483 e. The summed E-state index contributed by atoms with van der Waals surface area (Å²) in [6, 6.07) is 11.5. The van der Waals surface area contributed by atoms with Crippen LogP contribution in [0, 0.1) is 0 Å². The largest absolute Gasteiger partial charge is 0.483 e. The van der Waals surface area contributed by atoms with Gasteiger partial charge in [0.05, 0.1) is 5.56 Å². The zero-order valence-corrected chi connectivity index (χ0v) is 14.4. The Morgan fingerprint density at radius 3 is 2.71 bits per heavy atom. The Morgan fingerprint density at radius 1 is 1.21 bits per heavy atom. The van der Waals surface area contributed by atoms with Gasteiger partial charge in [0.1, 0.15) is 5.75 Å². The summed E-state index contributed by atoms with van der Waals surface area (Å²) in [5.74, 6) is -0.320. The number of aldehydes is 1. The third-order valence-corrected chi connectivity index (χ3v) is 3.59. The van der Waals surface area contributed by atoms with Gasteiger partial charge in [-0.1, -0.05) is 22.0 Å². The zero-order chi connectivity index (χ0) is 17.5. The lowest BCUT2D eigenvalue weighted by Crippen LogP contribution is -2.21. The van der Waals surface area contributed by atoms with E-state index < -0.39 is 5.91 Å². The molecule has 0 radical (unpaired) electrons. The highest BCUT2D eigenvalue weighted by Gasteiger charge is 2.09. The normalized spacial score (nSPS) is 9.92. The van der Waals surface area contributed by atoms with Gasteiger partial charge in [-0.3, -0.25) is 14.4 Å². The van der Waals surface area contributed by atoms with E-state index in [-0.39, 0.29) is 12.5 Å². The van der Waals surface area contributed by atoms with Crippen molar-refractivity contribution in [3.63, 3.8) is 0 Å². The lowest BCUT2D eigenvalue weighted by molar-refractivity contribution is -0.118. The topological polar surface area (TPSA) is 84.5 Å². The van der Waals surface area contributed by atoms with Crippen molar-refractivity contribution in [2.45, 2.75) is 0 Å². The number of benzene rings is 2. The van der Waals surface area contributed by atoms with Crippen LogP contribution in [0.1, 0.15) is 20.7 Å². The van der Waals surface area contributed by atoms with Crippen LogP contribution >= 0.6 is 15.9 Å². The van der Waals surface area contributed by atoms with Gasteiger partial charge in [-0.05, 0) is 36.4 Å². The number of rotatable bonds is 6. The molecule has 0 aromatic heterocycles. The molecule has 2 rings (SSSR count). The average Bonchev–Trinajstić information content (AvgIpc) is 2.60. The van der Waals surface area contributed by atoms with Crippen LogP contribution in [0.3, 0.4) is 0 Å². The molecule has 0 bridgehead atoms. The summed E-state index contributed by atoms with van der Waals surface area (Å²) in [6.07, 6.45) is 0.658. The molecule has 6 nitrogen and oxygen atoms in total. The summed E-state index contributed by atoms with van der Waals surface area (Å²) < 4.78 is 6.12. The molecule has 2 aromatic carbocycles. The first-order valence-corrected chi connectivity index (χ1v) is 7.82. The Balaban J connectivity index is 1.99. The Labute approximate surface area is 147 Å². The number of carbonyl (C=O) groups excluding carboxylic acids is 3. The molecule has 124 valence electrons. The Kier molecular flexibility index (Phi) is 6.08. The van der Waals surface area contributed by atoms with Crippen LogP contribution in [0.4, 0.5) is 5.69 Å². The molecular weight excluding hydrogens is 376 g/mol. The monoisotopic (exact) mass is 390 g/mol. The van der Waals surface area contributed by atoms with Crippen LogP contribution in [0.25, 0.3) is 0 Å². The Bertz CT molecular complexity index is 777. The van der Waals surface area contributed by atoms with Gasteiger partial charge in [0.15, 0.2) is 12.9 Å². The van der Waals surface area contributed by atoms with E-state index in [4.69, 9.17) is 4.74 Å². The molecule has 24 heavy (non-hydrogen) atoms. The lowest BCUT2D eigenvalue weighted by atomic mass is 10.2. The first-order valence-electron chi connectivity index (χ1n) is 7.03. The van der Waals surface area contributed by atoms with Gasteiger partial charge in [0.25, 0.3) is 11.8 Å². The van der Waals surface area contributed by atoms with E-state index in [1.54, 1.807) is 42.5 Å². The lowest BCUT2D eigenvalue weighted by Gasteiger charge is -2.10. The van der Waals surface area contributed by atoms with Crippen LogP contribution in [0.2, 0.25) is 0 Å². The highest BCUT2D eigenvalue weighted by atomic mass is 79.9. The predicted molar refractivity (Wildman–Crippen MR) is 93.5 cm³/mol. The summed E-state index contributed by atoms with van der Waals surface area (Å²) in [4.78, 5) is 34.5. The summed E-state index contributed by atoms with van der Waals surface area (Å²) >= 11 is 3.26. The van der Waals surface area contributed by atoms with Crippen molar-refractivity contribution < 1.29 is 19.1 Å². The molecule has 0 aliphatic carbocycles. The fourth-order valence-corrected chi connectivity index (χ4v) is 2.34. The van der Waals surface area contributed by atoms with Gasteiger partial charge in [-0.25, -0.2) is 0 Å². The van der Waals surface area contributed by atoms with Crippen molar-refractivity contribution in [2.75, 3.05) is 19.0 Å². The molecule has 0 aliphatic heterocycles. The molecule has 0 saturated carbocycles. The number of ether oxygens (including phenoxy) is 1. The van der Waals surface area contributed by atoms with E-state index in [9.17, 15) is 14.4 Å². The molecule has 0 saturated heterocycles. The first kappa shape index (κ1) is 17.7. The average molecular weight is 391 g/mol. The summed E-state index contributed by atoms with van der Waals surface area (Å²) in [5.41, 5.74) is 1.27. The number of nitrogens with one attached hydrogen (secondary N) is 2. The van der Waals surface area contributed by atoms with Crippen molar-refractivity contribution in [3.8, 4) is 5.75 Å². The minimum atomic E-state index is -0.399. The molecule has 0 unspecified atom stereocenters. The molecule has 0 aliphatic rings. The second-order valence-electron chi connectivity index (χ2n) is 4.80. The van der Waals surface area contributed by atoms with E-state index in [0.717, 1.165) is 4.47 Å². The first-order chi connectivity index (χ1) is 11.5. The number of halogens is 1. The predicted octanol–water partition coefficient (Wildman–Crippen LogP) is 2.64. The van der Waals surface area contributed by atoms with Gasteiger partial charge < -0.3 is 15.4 Å². The van der Waals surface area contributed by atoms with E-state index in [0.29, 0.717) is 28.8 Å². The molecule has 2 N–H and O–H groups in total. The van der Waals surface area contributed by atoms with E-state index in [1.807, 2.05) is 0 Å². The molecule has 2 aromatic rings. The fourth-order valence-electron chi connectivity index (χ4n) is 1.97. The van der Waals surface area contributed by atoms with Crippen molar-refractivity contribution in [1.29, 1.82) is 0 Å². The SMILES string of the molecule is CNC(=O)c1cccc(NC(=O)COc2ccc(Br)cc2C=O)c1. The van der Waals surface area contributed by atoms with Crippen LogP contribution < -0.4 is 15.4 Å². The van der Waals surface area contributed by atoms with E-state index >= 15 is 0 Å². The second-order valence-corrected chi connectivity index (χ2v) is 5.71. The molecule has 2 amide bonds. The van der Waals surface area contributed by atoms with Crippen molar-refractivity contribution in [1.82, 2.24) is 5.32 Å². The van der Waals surface area contributed by atoms with Crippen molar-refractivity contribution >= 4 is 39.7 Å². The maximum absolute atomic E-state index is 12.0. The molecule has 0 spiro atoms. The van der Waals surface area contributed by atoms with Crippen molar-refractivity contribution in [3.05, 3.63) is 58.1 Å². The van der Waals surface area contributed by atoms with Gasteiger partial charge in [-0.2, -0.15) is 0 Å². The number of amides is 2. The molecular formula is C17H15BrN2O4. The Morgan fingerprint density at radius 2 is 2.00 bits per heavy atom. The van der Waals surface area contributed by atoms with Crippen molar-refractivity contribution in [2.24, 2.45) is 0 Å². The molecule has 0 atom stereocenters. The highest BCUT2D eigenvalue weighted by molar-refractivity contribution is 9.10. The third-order valence-electron chi connectivity index (χ3n) is 3.09. The maximum atomic E-state index is 12.0. The maximum Gasteiger partial charge on any atom is 0.262 e. The standard InChI is InChI=1S/C17H15BrN2O4/c1-19-17(23)11-3-2-4-14(8-11)20-16(22)10-24-15-6-5-13(18)7-12(15)9-21/h2-9H,10H2,1H3,(H,19,23)(H,20,22). The smallest absolute Gasteiger partial charge is 0.262 e. The van der Waals surface area contributed by atoms with Crippen LogP contribution in [-0.4, -0.2) is 31.8 Å². The van der Waals surface area contributed by atoms with Gasteiger partial charge in [-0.15, -0.1) is 0 Å². The number of carbonyl (C=O) groups is 3. The second kappa shape index (κ2) is 8.26. The molecule has 0 heterocycles. The van der Waals surface area contributed by atoms with Crippen LogP contribution in [0.15, 0.2) is 46.9 Å². The highest BCUT2D eigenvalue weighted by Crippen LogP contribution is 2.21. The van der Waals surface area contributed by atoms with Gasteiger partial charge in [0, 0.05) is 22.8 Å². The minimum absolute atomic E-state index is 0.243. The zero-order valence-electron chi connectivity index (χ0n) is 12.8. The van der Waals surface area contributed by atoms with Crippen LogP contribution in [-0.2, 0) is 4.79 Å². The Hall–Kier alpha value is -2.67. The number of hydrogen-bond donors (Lipinski definition) is 2. The fraction of sp³-hybridized carbons (Fsp3) is 0.118. The molecule has 0 fully saturated rings.